The highest BCUT2D eigenvalue weighted by Gasteiger charge is 2.30. The molecular formula is C18H20F3N5O. The molecule has 0 unspecified atom stereocenters. The summed E-state index contributed by atoms with van der Waals surface area (Å²) in [6.45, 7) is 2.40. The van der Waals surface area contributed by atoms with Gasteiger partial charge in [0.15, 0.2) is 5.96 Å². The first-order chi connectivity index (χ1) is 12.9. The van der Waals surface area contributed by atoms with Crippen molar-refractivity contribution in [2.45, 2.75) is 25.7 Å². The second-order valence-corrected chi connectivity index (χ2v) is 6.12. The number of nitrogens with one attached hydrogen (secondary N) is 1. The lowest BCUT2D eigenvalue weighted by atomic mass is 10.2. The number of nitrogens with two attached hydrogens (primary N) is 1. The highest BCUT2D eigenvalue weighted by Crippen LogP contribution is 2.24. The Hall–Kier alpha value is -2.97. The minimum Gasteiger partial charge on any atom is -0.406 e. The van der Waals surface area contributed by atoms with Crippen LogP contribution in [-0.2, 0) is 6.54 Å². The largest absolute Gasteiger partial charge is 0.573 e. The van der Waals surface area contributed by atoms with E-state index >= 15 is 0 Å². The van der Waals surface area contributed by atoms with Crippen molar-refractivity contribution in [2.75, 3.05) is 23.3 Å². The summed E-state index contributed by atoms with van der Waals surface area (Å²) >= 11 is 0. The number of hydrogen-bond donors (Lipinski definition) is 2. The summed E-state index contributed by atoms with van der Waals surface area (Å²) in [5.41, 5.74) is 7.34. The molecule has 9 heteroatoms. The molecule has 27 heavy (non-hydrogen) atoms. The summed E-state index contributed by atoms with van der Waals surface area (Å²) in [5.74, 6) is 0.806. The van der Waals surface area contributed by atoms with Crippen LogP contribution in [0.25, 0.3) is 0 Å². The van der Waals surface area contributed by atoms with Crippen molar-refractivity contribution in [1.82, 2.24) is 4.98 Å². The van der Waals surface area contributed by atoms with Gasteiger partial charge in [-0.25, -0.2) is 9.98 Å². The maximum absolute atomic E-state index is 12.2. The molecule has 144 valence electrons. The van der Waals surface area contributed by atoms with Crippen LogP contribution in [0.5, 0.6) is 5.75 Å². The van der Waals surface area contributed by atoms with Gasteiger partial charge in [0.1, 0.15) is 11.6 Å². The Morgan fingerprint density at radius 1 is 1.19 bits per heavy atom. The zero-order valence-corrected chi connectivity index (χ0v) is 14.5. The number of aliphatic imine (C=N–C) groups is 1. The molecule has 1 aliphatic heterocycles. The number of anilines is 2. The average Bonchev–Trinajstić information content (AvgIpc) is 3.15. The van der Waals surface area contributed by atoms with Gasteiger partial charge in [0, 0.05) is 25.0 Å². The molecule has 2 aromatic rings. The Labute approximate surface area is 154 Å². The topological polar surface area (TPSA) is 75.8 Å². The van der Waals surface area contributed by atoms with Gasteiger partial charge in [-0.1, -0.05) is 0 Å². The molecule has 1 aromatic heterocycles. The fraction of sp³-hybridized carbons (Fsp3) is 0.333. The predicted octanol–water partition coefficient (Wildman–Crippen LogP) is 3.51. The van der Waals surface area contributed by atoms with E-state index in [0.717, 1.165) is 24.5 Å². The minimum atomic E-state index is -4.71. The maximum Gasteiger partial charge on any atom is 0.573 e. The van der Waals surface area contributed by atoms with Gasteiger partial charge in [0.05, 0.1) is 6.54 Å². The van der Waals surface area contributed by atoms with Crippen LogP contribution < -0.4 is 20.7 Å². The van der Waals surface area contributed by atoms with Crippen LogP contribution in [-0.4, -0.2) is 30.4 Å². The molecule has 1 saturated heterocycles. The number of nitrogens with zero attached hydrogens (tertiary/aromatic N) is 3. The summed E-state index contributed by atoms with van der Waals surface area (Å²) in [5, 5.41) is 2.84. The third-order valence-electron chi connectivity index (χ3n) is 4.03. The second-order valence-electron chi connectivity index (χ2n) is 6.12. The van der Waals surface area contributed by atoms with Crippen LogP contribution in [0.3, 0.4) is 0 Å². The molecule has 0 spiro atoms. The van der Waals surface area contributed by atoms with Crippen molar-refractivity contribution in [1.29, 1.82) is 0 Å². The molecule has 0 aliphatic carbocycles. The van der Waals surface area contributed by atoms with Crippen molar-refractivity contribution in [3.05, 3.63) is 48.2 Å². The van der Waals surface area contributed by atoms with Crippen molar-refractivity contribution in [2.24, 2.45) is 10.7 Å². The molecule has 1 fully saturated rings. The predicted molar refractivity (Wildman–Crippen MR) is 97.8 cm³/mol. The van der Waals surface area contributed by atoms with Crippen molar-refractivity contribution >= 4 is 17.5 Å². The molecule has 0 bridgehead atoms. The van der Waals surface area contributed by atoms with E-state index in [-0.39, 0.29) is 11.7 Å². The van der Waals surface area contributed by atoms with Gasteiger partial charge in [-0.2, -0.15) is 0 Å². The summed E-state index contributed by atoms with van der Waals surface area (Å²) in [7, 11) is 0. The van der Waals surface area contributed by atoms with Crippen molar-refractivity contribution in [3.63, 3.8) is 0 Å². The SMILES string of the molecule is NC(=NCc1ccnc(N2CCCC2)c1)Nc1ccc(OC(F)(F)F)cc1. The average molecular weight is 379 g/mol. The first kappa shape index (κ1) is 18.8. The molecule has 6 nitrogen and oxygen atoms in total. The monoisotopic (exact) mass is 379 g/mol. The molecule has 1 aliphatic rings. The van der Waals surface area contributed by atoms with Gasteiger partial charge >= 0.3 is 6.36 Å². The molecule has 2 heterocycles. The number of ether oxygens (including phenoxy) is 1. The molecule has 0 radical (unpaired) electrons. The molecule has 0 atom stereocenters. The lowest BCUT2D eigenvalue weighted by molar-refractivity contribution is -0.274. The Balaban J connectivity index is 1.57. The summed E-state index contributed by atoms with van der Waals surface area (Å²) in [6, 6.07) is 9.14. The number of benzene rings is 1. The summed E-state index contributed by atoms with van der Waals surface area (Å²) < 4.78 is 40.3. The van der Waals surface area contributed by atoms with E-state index in [9.17, 15) is 13.2 Å². The quantitative estimate of drug-likeness (QED) is 0.614. The molecule has 0 saturated carbocycles. The Morgan fingerprint density at radius 3 is 2.56 bits per heavy atom. The smallest absolute Gasteiger partial charge is 0.406 e. The number of rotatable bonds is 5. The summed E-state index contributed by atoms with van der Waals surface area (Å²) in [4.78, 5) is 10.9. The fourth-order valence-corrected chi connectivity index (χ4v) is 2.78. The zero-order chi connectivity index (χ0) is 19.3. The van der Waals surface area contributed by atoms with Gasteiger partial charge in [-0.15, -0.1) is 13.2 Å². The van der Waals surface area contributed by atoms with Gasteiger partial charge in [-0.05, 0) is 54.8 Å². The summed E-state index contributed by atoms with van der Waals surface area (Å²) in [6.07, 6.45) is -0.614. The Kier molecular flexibility index (Phi) is 5.68. The van der Waals surface area contributed by atoms with E-state index in [2.05, 4.69) is 24.9 Å². The van der Waals surface area contributed by atoms with E-state index in [0.29, 0.717) is 12.2 Å². The lowest BCUT2D eigenvalue weighted by Gasteiger charge is -2.16. The minimum absolute atomic E-state index is 0.166. The van der Waals surface area contributed by atoms with Gasteiger partial charge in [0.25, 0.3) is 0 Å². The van der Waals surface area contributed by atoms with E-state index in [1.807, 2.05) is 12.1 Å². The Morgan fingerprint density at radius 2 is 1.89 bits per heavy atom. The van der Waals surface area contributed by atoms with Crippen LogP contribution in [0.1, 0.15) is 18.4 Å². The molecule has 1 aromatic carbocycles. The van der Waals surface area contributed by atoms with E-state index < -0.39 is 6.36 Å². The molecular weight excluding hydrogens is 359 g/mol. The van der Waals surface area contributed by atoms with Crippen LogP contribution >= 0.6 is 0 Å². The lowest BCUT2D eigenvalue weighted by Crippen LogP contribution is -2.22. The number of guanidine groups is 1. The fourth-order valence-electron chi connectivity index (χ4n) is 2.78. The number of aromatic nitrogens is 1. The van der Waals surface area contributed by atoms with E-state index in [1.165, 1.54) is 37.1 Å². The zero-order valence-electron chi connectivity index (χ0n) is 14.5. The first-order valence-electron chi connectivity index (χ1n) is 8.52. The number of halogens is 3. The van der Waals surface area contributed by atoms with Gasteiger partial charge < -0.3 is 20.7 Å². The van der Waals surface area contributed by atoms with Crippen LogP contribution in [0.15, 0.2) is 47.6 Å². The highest BCUT2D eigenvalue weighted by atomic mass is 19.4. The van der Waals surface area contributed by atoms with Crippen molar-refractivity contribution < 1.29 is 17.9 Å². The standard InChI is InChI=1S/C18H20F3N5O/c19-18(20,21)27-15-5-3-14(4-6-15)25-17(22)24-12-13-7-8-23-16(11-13)26-9-1-2-10-26/h3-8,11H,1-2,9-10,12H2,(H3,22,24,25). The van der Waals surface area contributed by atoms with Gasteiger partial charge in [0.2, 0.25) is 0 Å². The number of pyridine rings is 1. The van der Waals surface area contributed by atoms with Gasteiger partial charge in [-0.3, -0.25) is 0 Å². The first-order valence-corrected chi connectivity index (χ1v) is 8.52. The normalized spacial score (nSPS) is 15.1. The van der Waals surface area contributed by atoms with Crippen molar-refractivity contribution in [3.8, 4) is 5.75 Å². The number of hydrogen-bond acceptors (Lipinski definition) is 4. The maximum atomic E-state index is 12.2. The van der Waals surface area contributed by atoms with Crippen LogP contribution in [0, 0.1) is 0 Å². The second kappa shape index (κ2) is 8.15. The molecule has 3 rings (SSSR count). The number of alkyl halides is 3. The Bertz CT molecular complexity index is 786. The van der Waals surface area contributed by atoms with Crippen LogP contribution in [0.4, 0.5) is 24.7 Å². The highest BCUT2D eigenvalue weighted by molar-refractivity contribution is 5.92. The third kappa shape index (κ3) is 5.77. The molecule has 0 amide bonds. The van der Waals surface area contributed by atoms with Crippen LogP contribution in [0.2, 0.25) is 0 Å². The molecule has 3 N–H and O–H groups in total. The van der Waals surface area contributed by atoms with E-state index in [1.54, 1.807) is 6.20 Å². The van der Waals surface area contributed by atoms with E-state index in [4.69, 9.17) is 5.73 Å². The third-order valence-corrected chi connectivity index (χ3v) is 4.03.